The molecule has 9 heteroatoms. The van der Waals surface area contributed by atoms with E-state index < -0.39 is 26.6 Å². The van der Waals surface area contributed by atoms with Crippen molar-refractivity contribution in [2.24, 2.45) is 5.73 Å². The molecule has 0 bridgehead atoms. The van der Waals surface area contributed by atoms with Gasteiger partial charge >= 0.3 is 7.82 Å². The molecule has 0 saturated heterocycles. The van der Waals surface area contributed by atoms with E-state index in [0.717, 1.165) is 77.0 Å². The highest BCUT2D eigenvalue weighted by Crippen LogP contribution is 2.43. The van der Waals surface area contributed by atoms with Crippen molar-refractivity contribution in [2.75, 3.05) is 19.8 Å². The molecule has 0 aliphatic carbocycles. The SMILES string of the molecule is CC/C=C\C/C=C\C/C=C\C/C=C\C/C=C\C/C=C\C/C=C\CCCC(=O)NC(COP(=O)(O)OCCN)C(O)/C=C/CC/C=C/CC/C=C/CC. The Morgan fingerprint density at radius 2 is 1.04 bits per heavy atom. The highest BCUT2D eigenvalue weighted by Gasteiger charge is 2.26. The number of nitrogens with one attached hydrogen (secondary N) is 1. The van der Waals surface area contributed by atoms with E-state index in [4.69, 9.17) is 14.8 Å². The average Bonchev–Trinajstić information content (AvgIpc) is 3.13. The molecule has 0 aromatic heterocycles. The number of phosphoric ester groups is 1. The zero-order valence-corrected chi connectivity index (χ0v) is 32.9. The predicted molar refractivity (Wildman–Crippen MR) is 221 cm³/mol. The number of carbonyl (C=O) groups excluding carboxylic acids is 1. The summed E-state index contributed by atoms with van der Waals surface area (Å²) < 4.78 is 21.9. The Kier molecular flexibility index (Phi) is 35.4. The number of carbonyl (C=O) groups is 1. The lowest BCUT2D eigenvalue weighted by molar-refractivity contribution is -0.122. The first-order valence-corrected chi connectivity index (χ1v) is 20.7. The molecule has 8 nitrogen and oxygen atoms in total. The lowest BCUT2D eigenvalue weighted by Crippen LogP contribution is -2.45. The van der Waals surface area contributed by atoms with Crippen LogP contribution in [0.3, 0.4) is 0 Å². The van der Waals surface area contributed by atoms with Crippen molar-refractivity contribution in [3.8, 4) is 0 Å². The van der Waals surface area contributed by atoms with Gasteiger partial charge in [-0.05, 0) is 89.9 Å². The molecule has 0 rings (SSSR count). The number of aliphatic hydroxyl groups is 1. The van der Waals surface area contributed by atoms with E-state index in [1.165, 1.54) is 0 Å². The Morgan fingerprint density at radius 3 is 1.52 bits per heavy atom. The van der Waals surface area contributed by atoms with E-state index in [2.05, 4.69) is 129 Å². The van der Waals surface area contributed by atoms with E-state index in [9.17, 15) is 19.4 Å². The number of hydrogen-bond acceptors (Lipinski definition) is 6. The number of aliphatic hydroxyl groups excluding tert-OH is 1. The van der Waals surface area contributed by atoms with Gasteiger partial charge < -0.3 is 21.1 Å². The first kappa shape index (κ1) is 48.9. The Bertz CT molecular complexity index is 1210. The highest BCUT2D eigenvalue weighted by atomic mass is 31.2. The Labute approximate surface area is 316 Å². The van der Waals surface area contributed by atoms with Gasteiger partial charge in [-0.2, -0.15) is 0 Å². The van der Waals surface area contributed by atoms with Crippen LogP contribution in [0.2, 0.25) is 0 Å². The van der Waals surface area contributed by atoms with E-state index in [-0.39, 0.29) is 25.5 Å². The van der Waals surface area contributed by atoms with Crippen molar-refractivity contribution in [3.63, 3.8) is 0 Å². The zero-order valence-electron chi connectivity index (χ0n) is 32.0. The van der Waals surface area contributed by atoms with E-state index in [0.29, 0.717) is 12.8 Å². The molecule has 5 N–H and O–H groups in total. The molecule has 0 aromatic rings. The van der Waals surface area contributed by atoms with Gasteiger partial charge in [0.05, 0.1) is 25.4 Å². The first-order chi connectivity index (χ1) is 25.4. The fraction of sp³-hybridized carbons (Fsp3) is 0.512. The number of rotatable bonds is 33. The van der Waals surface area contributed by atoms with Crippen LogP contribution >= 0.6 is 7.82 Å². The number of unbranched alkanes of at least 4 members (excludes halogenated alkanes) is 3. The second kappa shape index (κ2) is 37.7. The molecule has 0 spiro atoms. The van der Waals surface area contributed by atoms with Gasteiger partial charge in [0.2, 0.25) is 5.91 Å². The number of hydrogen-bond donors (Lipinski definition) is 4. The summed E-state index contributed by atoms with van der Waals surface area (Å²) in [5, 5.41) is 13.5. The molecular formula is C43H69N2O6P. The second-order valence-electron chi connectivity index (χ2n) is 12.0. The summed E-state index contributed by atoms with van der Waals surface area (Å²) in [5.41, 5.74) is 5.34. The van der Waals surface area contributed by atoms with Crippen LogP contribution in [-0.4, -0.2) is 47.8 Å². The van der Waals surface area contributed by atoms with E-state index in [1.807, 2.05) is 6.08 Å². The van der Waals surface area contributed by atoms with Crippen LogP contribution in [0.15, 0.2) is 122 Å². The zero-order chi connectivity index (χ0) is 38.2. The monoisotopic (exact) mass is 740 g/mol. The second-order valence-corrected chi connectivity index (χ2v) is 13.5. The standard InChI is InChI=1S/C43H69N2O6P/c1-3-5-7-9-11-13-15-16-17-18-19-20-21-22-23-24-25-26-27-29-31-33-35-37-43(47)45-41(40-51-52(48,49)50-39-38-44)42(46)36-34-32-30-28-14-12-10-8-6-4-2/h5-8,11,13-14,16-17,19-20,22-23,25-26,28-29,31,34,36,41-42,46H,3-4,9-10,12,15,18,21,24,27,30,32-33,35,37-40,44H2,1-2H3,(H,45,47)(H,48,49)/b7-5-,8-6+,13-11-,17-16-,20-19-,23-22-,26-25-,28-14+,31-29-,36-34+. The van der Waals surface area contributed by atoms with Gasteiger partial charge in [0, 0.05) is 13.0 Å². The van der Waals surface area contributed by atoms with Crippen molar-refractivity contribution >= 4 is 13.7 Å². The molecule has 292 valence electrons. The number of nitrogens with two attached hydrogens (primary N) is 1. The predicted octanol–water partition coefficient (Wildman–Crippen LogP) is 10.4. The Morgan fingerprint density at radius 1 is 0.635 bits per heavy atom. The van der Waals surface area contributed by atoms with Gasteiger partial charge in [-0.3, -0.25) is 13.8 Å². The highest BCUT2D eigenvalue weighted by molar-refractivity contribution is 7.47. The fourth-order valence-corrected chi connectivity index (χ4v) is 5.21. The lowest BCUT2D eigenvalue weighted by Gasteiger charge is -2.23. The molecular weight excluding hydrogens is 671 g/mol. The molecule has 1 amide bonds. The Balaban J connectivity index is 4.41. The van der Waals surface area contributed by atoms with Crippen molar-refractivity contribution < 1.29 is 28.4 Å². The number of allylic oxidation sites excluding steroid dienone is 19. The minimum Gasteiger partial charge on any atom is -0.387 e. The smallest absolute Gasteiger partial charge is 0.387 e. The largest absolute Gasteiger partial charge is 0.472 e. The average molecular weight is 741 g/mol. The summed E-state index contributed by atoms with van der Waals surface area (Å²) in [6.45, 7) is 3.77. The normalized spacial score (nSPS) is 15.6. The van der Waals surface area contributed by atoms with E-state index in [1.54, 1.807) is 6.08 Å². The molecule has 0 aliphatic rings. The van der Waals surface area contributed by atoms with Gasteiger partial charge in [0.1, 0.15) is 0 Å². The number of phosphoric acid groups is 1. The molecule has 0 heterocycles. The van der Waals surface area contributed by atoms with Crippen molar-refractivity contribution in [1.82, 2.24) is 5.32 Å². The van der Waals surface area contributed by atoms with E-state index >= 15 is 0 Å². The topological polar surface area (TPSA) is 131 Å². The van der Waals surface area contributed by atoms with Crippen molar-refractivity contribution in [2.45, 2.75) is 122 Å². The first-order valence-electron chi connectivity index (χ1n) is 19.2. The molecule has 0 saturated carbocycles. The van der Waals surface area contributed by atoms with Crippen LogP contribution in [0.25, 0.3) is 0 Å². The van der Waals surface area contributed by atoms with Crippen LogP contribution in [0.4, 0.5) is 0 Å². The summed E-state index contributed by atoms with van der Waals surface area (Å²) >= 11 is 0. The van der Waals surface area contributed by atoms with Crippen LogP contribution in [0.5, 0.6) is 0 Å². The summed E-state index contributed by atoms with van der Waals surface area (Å²) in [6, 6.07) is -0.921. The van der Waals surface area contributed by atoms with Crippen molar-refractivity contribution in [3.05, 3.63) is 122 Å². The summed E-state index contributed by atoms with van der Waals surface area (Å²) in [5.74, 6) is -0.276. The number of amides is 1. The maximum atomic E-state index is 12.7. The summed E-state index contributed by atoms with van der Waals surface area (Å²) in [6.07, 6.45) is 54.1. The molecule has 0 aliphatic heterocycles. The van der Waals surface area contributed by atoms with Crippen LogP contribution < -0.4 is 11.1 Å². The molecule has 0 fully saturated rings. The summed E-state index contributed by atoms with van der Waals surface area (Å²) in [4.78, 5) is 22.5. The molecule has 0 aromatic carbocycles. The van der Waals surface area contributed by atoms with Crippen molar-refractivity contribution in [1.29, 1.82) is 0 Å². The maximum absolute atomic E-state index is 12.7. The molecule has 52 heavy (non-hydrogen) atoms. The third kappa shape index (κ3) is 35.3. The minimum atomic E-state index is -4.37. The van der Waals surface area contributed by atoms with Crippen LogP contribution in [0, 0.1) is 0 Å². The lowest BCUT2D eigenvalue weighted by atomic mass is 10.1. The molecule has 0 radical (unpaired) electrons. The maximum Gasteiger partial charge on any atom is 0.472 e. The van der Waals surface area contributed by atoms with Gasteiger partial charge in [-0.25, -0.2) is 4.57 Å². The van der Waals surface area contributed by atoms with Gasteiger partial charge in [-0.1, -0.05) is 135 Å². The molecule has 3 unspecified atom stereocenters. The fourth-order valence-electron chi connectivity index (χ4n) is 4.45. The quantitative estimate of drug-likeness (QED) is 0.0299. The third-order valence-electron chi connectivity index (χ3n) is 7.26. The molecule has 3 atom stereocenters. The van der Waals surface area contributed by atoms with Crippen LogP contribution in [0.1, 0.15) is 110 Å². The minimum absolute atomic E-state index is 0.0547. The van der Waals surface area contributed by atoms with Crippen LogP contribution in [-0.2, 0) is 18.4 Å². The summed E-state index contributed by atoms with van der Waals surface area (Å²) in [7, 11) is -4.37. The van der Waals surface area contributed by atoms with Gasteiger partial charge in [0.25, 0.3) is 0 Å². The van der Waals surface area contributed by atoms with Gasteiger partial charge in [0.15, 0.2) is 0 Å². The van der Waals surface area contributed by atoms with Gasteiger partial charge in [-0.15, -0.1) is 0 Å². The third-order valence-corrected chi connectivity index (χ3v) is 8.24. The Hall–Kier alpha value is -3.10.